The van der Waals surface area contributed by atoms with Crippen molar-refractivity contribution in [2.24, 2.45) is 11.8 Å². The van der Waals surface area contributed by atoms with Crippen LogP contribution in [0, 0.1) is 11.8 Å². The van der Waals surface area contributed by atoms with Crippen molar-refractivity contribution in [1.82, 2.24) is 0 Å². The molecular weight excluding hydrogens is 200 g/mol. The Kier molecular flexibility index (Phi) is 4.81. The van der Waals surface area contributed by atoms with Gasteiger partial charge in [-0.05, 0) is 35.4 Å². The molecule has 16 heavy (non-hydrogen) atoms. The molecule has 0 heterocycles. The van der Waals surface area contributed by atoms with E-state index in [0.717, 1.165) is 5.75 Å². The monoisotopic (exact) mass is 222 g/mol. The second-order valence-corrected chi connectivity index (χ2v) is 4.70. The molecule has 0 aliphatic rings. The van der Waals surface area contributed by atoms with Gasteiger partial charge in [0.1, 0.15) is 5.75 Å². The first-order valence-corrected chi connectivity index (χ1v) is 5.85. The van der Waals surface area contributed by atoms with Crippen LogP contribution < -0.4 is 4.74 Å². The van der Waals surface area contributed by atoms with Crippen molar-refractivity contribution in [3.63, 3.8) is 0 Å². The van der Waals surface area contributed by atoms with E-state index in [-0.39, 0.29) is 12.5 Å². The highest BCUT2D eigenvalue weighted by atomic mass is 16.5. The number of hydrogen-bond acceptors (Lipinski definition) is 2. The van der Waals surface area contributed by atoms with Crippen molar-refractivity contribution in [1.29, 1.82) is 0 Å². The minimum absolute atomic E-state index is 0.231. The summed E-state index contributed by atoms with van der Waals surface area (Å²) in [6.45, 7) is 6.71. The number of ether oxygens (including phenoxy) is 1. The van der Waals surface area contributed by atoms with Gasteiger partial charge in [0.25, 0.3) is 0 Å². The molecule has 0 amide bonds. The smallest absolute Gasteiger partial charge is 0.118 e. The normalized spacial score (nSPS) is 14.9. The minimum Gasteiger partial charge on any atom is -0.497 e. The maximum absolute atomic E-state index is 9.29. The Bertz CT molecular complexity index is 303. The van der Waals surface area contributed by atoms with Crippen molar-refractivity contribution in [2.75, 3.05) is 13.7 Å². The van der Waals surface area contributed by atoms with Crippen LogP contribution in [0.1, 0.15) is 32.3 Å². The van der Waals surface area contributed by atoms with Crippen LogP contribution in [0.25, 0.3) is 0 Å². The lowest BCUT2D eigenvalue weighted by molar-refractivity contribution is 0.197. The third kappa shape index (κ3) is 2.99. The number of methoxy groups -OCH3 is 1. The first kappa shape index (κ1) is 13.0. The topological polar surface area (TPSA) is 29.5 Å². The molecule has 1 aromatic rings. The van der Waals surface area contributed by atoms with E-state index in [1.807, 2.05) is 12.1 Å². The van der Waals surface area contributed by atoms with E-state index >= 15 is 0 Å². The van der Waals surface area contributed by atoms with Crippen molar-refractivity contribution < 1.29 is 9.84 Å². The first-order valence-electron chi connectivity index (χ1n) is 5.85. The minimum atomic E-state index is 0.231. The van der Waals surface area contributed by atoms with Gasteiger partial charge in [-0.2, -0.15) is 0 Å². The molecule has 1 N–H and O–H groups in total. The number of benzene rings is 1. The third-order valence-corrected chi connectivity index (χ3v) is 3.12. The molecule has 2 nitrogen and oxygen atoms in total. The molecule has 2 heteroatoms. The van der Waals surface area contributed by atoms with Crippen molar-refractivity contribution in [2.45, 2.75) is 26.7 Å². The van der Waals surface area contributed by atoms with Gasteiger partial charge in [0.05, 0.1) is 7.11 Å². The van der Waals surface area contributed by atoms with Crippen molar-refractivity contribution >= 4 is 0 Å². The van der Waals surface area contributed by atoms with Crippen LogP contribution in [-0.4, -0.2) is 18.8 Å². The predicted octanol–water partition coefficient (Wildman–Crippen LogP) is 3.06. The summed E-state index contributed by atoms with van der Waals surface area (Å²) in [5.74, 6) is 2.09. The molecule has 0 aromatic heterocycles. The van der Waals surface area contributed by atoms with Gasteiger partial charge in [-0.3, -0.25) is 0 Å². The summed E-state index contributed by atoms with van der Waals surface area (Å²) in [7, 11) is 1.67. The van der Waals surface area contributed by atoms with Crippen LogP contribution >= 0.6 is 0 Å². The second kappa shape index (κ2) is 5.90. The van der Waals surface area contributed by atoms with E-state index in [2.05, 4.69) is 32.9 Å². The summed E-state index contributed by atoms with van der Waals surface area (Å²) < 4.78 is 5.15. The maximum atomic E-state index is 9.29. The van der Waals surface area contributed by atoms with Gasteiger partial charge in [0.2, 0.25) is 0 Å². The van der Waals surface area contributed by atoms with Gasteiger partial charge in [-0.15, -0.1) is 0 Å². The second-order valence-electron chi connectivity index (χ2n) is 4.70. The van der Waals surface area contributed by atoms with Crippen molar-refractivity contribution in [3.8, 4) is 5.75 Å². The average Bonchev–Trinajstić information content (AvgIpc) is 2.29. The predicted molar refractivity (Wildman–Crippen MR) is 66.8 cm³/mol. The Labute approximate surface area is 98.3 Å². The lowest BCUT2D eigenvalue weighted by atomic mass is 9.79. The molecule has 2 atom stereocenters. The fourth-order valence-corrected chi connectivity index (χ4v) is 2.31. The molecule has 90 valence electrons. The standard InChI is InChI=1S/C14H22O2/c1-10(2)14(11(3)9-15)12-5-7-13(16-4)8-6-12/h5-8,10-11,14-15H,9H2,1-4H3/t11-,14+/m1/s1. The summed E-state index contributed by atoms with van der Waals surface area (Å²) in [5.41, 5.74) is 1.28. The molecule has 0 bridgehead atoms. The first-order chi connectivity index (χ1) is 7.60. The molecule has 0 radical (unpaired) electrons. The summed E-state index contributed by atoms with van der Waals surface area (Å²) in [4.78, 5) is 0. The lowest BCUT2D eigenvalue weighted by Crippen LogP contribution is -2.18. The van der Waals surface area contributed by atoms with Crippen LogP contribution in [0.4, 0.5) is 0 Å². The molecule has 0 unspecified atom stereocenters. The highest BCUT2D eigenvalue weighted by molar-refractivity contribution is 5.30. The molecule has 0 saturated heterocycles. The van der Waals surface area contributed by atoms with E-state index in [9.17, 15) is 5.11 Å². The molecule has 0 aliphatic heterocycles. The van der Waals surface area contributed by atoms with Gasteiger partial charge in [-0.1, -0.05) is 32.9 Å². The summed E-state index contributed by atoms with van der Waals surface area (Å²) in [6, 6.07) is 8.15. The maximum Gasteiger partial charge on any atom is 0.118 e. The molecule has 0 aliphatic carbocycles. The zero-order valence-electron chi connectivity index (χ0n) is 10.6. The third-order valence-electron chi connectivity index (χ3n) is 3.12. The lowest BCUT2D eigenvalue weighted by Gasteiger charge is -2.26. The van der Waals surface area contributed by atoms with Crippen LogP contribution in [0.5, 0.6) is 5.75 Å². The highest BCUT2D eigenvalue weighted by Gasteiger charge is 2.21. The number of rotatable bonds is 5. The fourth-order valence-electron chi connectivity index (χ4n) is 2.31. The summed E-state index contributed by atoms with van der Waals surface area (Å²) in [5, 5.41) is 9.29. The van der Waals surface area contributed by atoms with Gasteiger partial charge in [-0.25, -0.2) is 0 Å². The molecular formula is C14H22O2. The molecule has 1 rings (SSSR count). The van der Waals surface area contributed by atoms with Crippen LogP contribution in [0.2, 0.25) is 0 Å². The van der Waals surface area contributed by atoms with E-state index in [1.165, 1.54) is 5.56 Å². The van der Waals surface area contributed by atoms with Gasteiger partial charge < -0.3 is 9.84 Å². The van der Waals surface area contributed by atoms with Crippen LogP contribution in [0.3, 0.4) is 0 Å². The van der Waals surface area contributed by atoms with E-state index < -0.39 is 0 Å². The number of hydrogen-bond donors (Lipinski definition) is 1. The highest BCUT2D eigenvalue weighted by Crippen LogP contribution is 2.32. The summed E-state index contributed by atoms with van der Waals surface area (Å²) >= 11 is 0. The van der Waals surface area contributed by atoms with Crippen LogP contribution in [0.15, 0.2) is 24.3 Å². The Morgan fingerprint density at radius 3 is 2.06 bits per heavy atom. The average molecular weight is 222 g/mol. The largest absolute Gasteiger partial charge is 0.497 e. The summed E-state index contributed by atoms with van der Waals surface area (Å²) in [6.07, 6.45) is 0. The molecule has 1 aromatic carbocycles. The molecule has 0 spiro atoms. The van der Waals surface area contributed by atoms with Crippen LogP contribution in [-0.2, 0) is 0 Å². The van der Waals surface area contributed by atoms with E-state index in [4.69, 9.17) is 4.74 Å². The number of aliphatic hydroxyl groups is 1. The Morgan fingerprint density at radius 2 is 1.69 bits per heavy atom. The van der Waals surface area contributed by atoms with Gasteiger partial charge in [0.15, 0.2) is 0 Å². The van der Waals surface area contributed by atoms with Gasteiger partial charge in [0, 0.05) is 6.61 Å². The Balaban J connectivity index is 2.92. The Hall–Kier alpha value is -1.02. The zero-order valence-corrected chi connectivity index (χ0v) is 10.6. The molecule has 0 fully saturated rings. The van der Waals surface area contributed by atoms with Crippen molar-refractivity contribution in [3.05, 3.63) is 29.8 Å². The Morgan fingerprint density at radius 1 is 1.12 bits per heavy atom. The van der Waals surface area contributed by atoms with Gasteiger partial charge >= 0.3 is 0 Å². The van der Waals surface area contributed by atoms with E-state index in [0.29, 0.717) is 11.8 Å². The van der Waals surface area contributed by atoms with E-state index in [1.54, 1.807) is 7.11 Å². The quantitative estimate of drug-likeness (QED) is 0.829. The number of aliphatic hydroxyl groups excluding tert-OH is 1. The zero-order chi connectivity index (χ0) is 12.1. The fraction of sp³-hybridized carbons (Fsp3) is 0.571. The SMILES string of the molecule is COc1ccc([C@@H](C(C)C)[C@H](C)CO)cc1. The molecule has 0 saturated carbocycles.